The lowest BCUT2D eigenvalue weighted by atomic mass is 9.89. The van der Waals surface area contributed by atoms with E-state index in [4.69, 9.17) is 9.15 Å². The summed E-state index contributed by atoms with van der Waals surface area (Å²) in [5.74, 6) is 1.19. The summed E-state index contributed by atoms with van der Waals surface area (Å²) < 4.78 is 13.6. The molecule has 4 aromatic rings. The molecule has 3 atom stereocenters. The highest BCUT2D eigenvalue weighted by Crippen LogP contribution is 2.35. The van der Waals surface area contributed by atoms with Gasteiger partial charge in [0.05, 0.1) is 30.7 Å². The number of nitrogens with one attached hydrogen (secondary N) is 2. The molecular formula is C31H36N6O5. The molecule has 1 saturated heterocycles. The maximum absolute atomic E-state index is 14.2. The molecule has 2 amide bonds. The maximum atomic E-state index is 14.2. The highest BCUT2D eigenvalue weighted by atomic mass is 16.5. The van der Waals surface area contributed by atoms with Crippen LogP contribution in [0.25, 0.3) is 22.4 Å². The number of benzene rings is 2. The first-order valence-corrected chi connectivity index (χ1v) is 14.6. The largest absolute Gasteiger partial charge is 0.493 e. The number of imidazole rings is 1. The van der Waals surface area contributed by atoms with Crippen molar-refractivity contribution < 1.29 is 23.8 Å². The predicted molar refractivity (Wildman–Crippen MR) is 157 cm³/mol. The van der Waals surface area contributed by atoms with Gasteiger partial charge in [-0.1, -0.05) is 43.2 Å². The number of aromatic nitrogens is 3. The molecule has 0 radical (unpaired) electrons. The Bertz CT molecular complexity index is 1550. The van der Waals surface area contributed by atoms with E-state index in [9.17, 15) is 14.7 Å². The molecule has 2 aromatic heterocycles. The monoisotopic (exact) mass is 572 g/mol. The summed E-state index contributed by atoms with van der Waals surface area (Å²) in [6, 6.07) is 14.9. The van der Waals surface area contributed by atoms with E-state index in [1.54, 1.807) is 6.33 Å². The van der Waals surface area contributed by atoms with Gasteiger partial charge >= 0.3 is 6.09 Å². The van der Waals surface area contributed by atoms with Gasteiger partial charge in [0.15, 0.2) is 17.2 Å². The van der Waals surface area contributed by atoms with Crippen LogP contribution < -0.4 is 15.4 Å². The summed E-state index contributed by atoms with van der Waals surface area (Å²) in [6.07, 6.45) is 4.82. The zero-order valence-corrected chi connectivity index (χ0v) is 23.7. The number of hydrogen-bond donors (Lipinski definition) is 3. The average Bonchev–Trinajstić information content (AvgIpc) is 3.60. The molecule has 42 heavy (non-hydrogen) atoms. The molecule has 1 aliphatic carbocycles. The molecule has 1 saturated carbocycles. The van der Waals surface area contributed by atoms with Crippen LogP contribution in [0.5, 0.6) is 5.75 Å². The zero-order valence-electron chi connectivity index (χ0n) is 23.7. The number of hydrogen-bond acceptors (Lipinski definition) is 7. The highest BCUT2D eigenvalue weighted by Gasteiger charge is 2.35. The van der Waals surface area contributed by atoms with Gasteiger partial charge in [0.25, 0.3) is 5.91 Å². The quantitative estimate of drug-likeness (QED) is 0.278. The lowest BCUT2D eigenvalue weighted by Crippen LogP contribution is -2.54. The van der Waals surface area contributed by atoms with Gasteiger partial charge in [0, 0.05) is 50.7 Å². The Morgan fingerprint density at radius 3 is 2.83 bits per heavy atom. The standard InChI is InChI=1S/C31H36N6O5/c1-20-34-25-17-23(11-12-27(25)42-20)41-16-13-22-18-32-14-15-36(22)30(38)28-29(21-7-3-2-4-8-21)37(19-33-28)26-10-6-5-9-24(26)35-31(39)40/h2-4,7-8,11-12,17,19,22,24,26,32,35H,5-6,9-10,13-16,18H2,1H3,(H,39,40)/t22-,24+,26+/m1/s1. The number of amides is 2. The number of piperazine rings is 1. The maximum Gasteiger partial charge on any atom is 0.404 e. The van der Waals surface area contributed by atoms with Gasteiger partial charge in [0.2, 0.25) is 0 Å². The van der Waals surface area contributed by atoms with Crippen molar-refractivity contribution in [2.75, 3.05) is 26.2 Å². The summed E-state index contributed by atoms with van der Waals surface area (Å²) >= 11 is 0. The molecule has 220 valence electrons. The minimum Gasteiger partial charge on any atom is -0.493 e. The van der Waals surface area contributed by atoms with E-state index in [1.807, 2.05) is 64.9 Å². The number of carbonyl (C=O) groups is 2. The number of carbonyl (C=O) groups excluding carboxylic acids is 1. The topological polar surface area (TPSA) is 135 Å². The predicted octanol–water partition coefficient (Wildman–Crippen LogP) is 4.63. The number of ether oxygens (including phenoxy) is 1. The Morgan fingerprint density at radius 2 is 2.00 bits per heavy atom. The molecule has 2 aliphatic rings. The molecule has 6 rings (SSSR count). The second-order valence-electron chi connectivity index (χ2n) is 11.0. The van der Waals surface area contributed by atoms with Crippen LogP contribution in [0.1, 0.15) is 54.5 Å². The van der Waals surface area contributed by atoms with Crippen molar-refractivity contribution in [3.63, 3.8) is 0 Å². The first-order chi connectivity index (χ1) is 20.5. The van der Waals surface area contributed by atoms with Crippen LogP contribution in [0.4, 0.5) is 4.79 Å². The lowest BCUT2D eigenvalue weighted by Gasteiger charge is -2.36. The third-order valence-corrected chi connectivity index (χ3v) is 8.24. The van der Waals surface area contributed by atoms with Gasteiger partial charge in [-0.15, -0.1) is 0 Å². The van der Waals surface area contributed by atoms with Crippen LogP contribution >= 0.6 is 0 Å². The molecule has 0 unspecified atom stereocenters. The first-order valence-electron chi connectivity index (χ1n) is 14.6. The van der Waals surface area contributed by atoms with E-state index in [-0.39, 0.29) is 24.0 Å². The summed E-state index contributed by atoms with van der Waals surface area (Å²) in [7, 11) is 0. The number of fused-ring (bicyclic) bond motifs is 1. The Labute approximate surface area is 243 Å². The number of rotatable bonds is 8. The minimum atomic E-state index is -1.04. The van der Waals surface area contributed by atoms with Crippen LogP contribution in [0.2, 0.25) is 0 Å². The SMILES string of the molecule is Cc1nc2cc(OCC[C@@H]3CNCCN3C(=O)c3ncn([C@H]4CCCC[C@@H]4NC(=O)O)c3-c3ccccc3)ccc2o1. The van der Waals surface area contributed by atoms with E-state index in [0.29, 0.717) is 50.0 Å². The fraction of sp³-hybridized carbons (Fsp3) is 0.419. The second-order valence-corrected chi connectivity index (χ2v) is 11.0. The average molecular weight is 573 g/mol. The van der Waals surface area contributed by atoms with E-state index in [0.717, 1.165) is 48.0 Å². The third-order valence-electron chi connectivity index (χ3n) is 8.24. The van der Waals surface area contributed by atoms with Crippen molar-refractivity contribution in [2.24, 2.45) is 0 Å². The van der Waals surface area contributed by atoms with E-state index in [2.05, 4.69) is 20.6 Å². The van der Waals surface area contributed by atoms with Crippen molar-refractivity contribution in [3.8, 4) is 17.0 Å². The zero-order chi connectivity index (χ0) is 29.1. The number of oxazole rings is 1. The normalized spacial score (nSPS) is 20.9. The van der Waals surface area contributed by atoms with Crippen molar-refractivity contribution in [2.45, 2.75) is 57.2 Å². The Balaban J connectivity index is 1.23. The van der Waals surface area contributed by atoms with Crippen LogP contribution in [-0.4, -0.2) is 74.9 Å². The molecule has 3 heterocycles. The number of aryl methyl sites for hydroxylation is 1. The Kier molecular flexibility index (Phi) is 8.09. The lowest BCUT2D eigenvalue weighted by molar-refractivity contribution is 0.0601. The summed E-state index contributed by atoms with van der Waals surface area (Å²) in [6.45, 7) is 4.16. The summed E-state index contributed by atoms with van der Waals surface area (Å²) in [5, 5.41) is 15.6. The van der Waals surface area contributed by atoms with Crippen molar-refractivity contribution in [1.29, 1.82) is 0 Å². The van der Waals surface area contributed by atoms with Gasteiger partial charge in [-0.2, -0.15) is 0 Å². The second kappa shape index (κ2) is 12.2. The minimum absolute atomic E-state index is 0.0749. The Morgan fingerprint density at radius 1 is 1.17 bits per heavy atom. The van der Waals surface area contributed by atoms with Gasteiger partial charge in [0.1, 0.15) is 11.3 Å². The van der Waals surface area contributed by atoms with Crippen LogP contribution in [0, 0.1) is 6.92 Å². The summed E-state index contributed by atoms with van der Waals surface area (Å²) in [5.41, 5.74) is 3.48. The van der Waals surface area contributed by atoms with E-state index in [1.165, 1.54) is 0 Å². The van der Waals surface area contributed by atoms with Gasteiger partial charge in [-0.05, 0) is 25.0 Å². The van der Waals surface area contributed by atoms with Crippen molar-refractivity contribution >= 4 is 23.1 Å². The first kappa shape index (κ1) is 27.8. The van der Waals surface area contributed by atoms with E-state index >= 15 is 0 Å². The highest BCUT2D eigenvalue weighted by molar-refractivity contribution is 5.98. The Hall–Kier alpha value is -4.38. The number of nitrogens with zero attached hydrogens (tertiary/aromatic N) is 4. The molecule has 11 heteroatoms. The fourth-order valence-corrected chi connectivity index (χ4v) is 6.27. The molecule has 3 N–H and O–H groups in total. The molecule has 11 nitrogen and oxygen atoms in total. The van der Waals surface area contributed by atoms with Gasteiger partial charge < -0.3 is 34.4 Å². The molecular weight excluding hydrogens is 536 g/mol. The van der Waals surface area contributed by atoms with Gasteiger partial charge in [-0.3, -0.25) is 4.79 Å². The molecule has 2 fully saturated rings. The number of carboxylic acid groups (broad SMARTS) is 1. The molecule has 2 aromatic carbocycles. The third kappa shape index (κ3) is 5.82. The molecule has 0 spiro atoms. The molecule has 0 bridgehead atoms. The molecule has 1 aliphatic heterocycles. The van der Waals surface area contributed by atoms with Crippen molar-refractivity contribution in [3.05, 3.63) is 66.4 Å². The van der Waals surface area contributed by atoms with E-state index < -0.39 is 6.09 Å². The van der Waals surface area contributed by atoms with Crippen LogP contribution in [-0.2, 0) is 0 Å². The van der Waals surface area contributed by atoms with Gasteiger partial charge in [-0.25, -0.2) is 14.8 Å². The fourth-order valence-electron chi connectivity index (χ4n) is 6.27. The van der Waals surface area contributed by atoms with Crippen molar-refractivity contribution in [1.82, 2.24) is 30.1 Å². The smallest absolute Gasteiger partial charge is 0.404 e. The summed E-state index contributed by atoms with van der Waals surface area (Å²) in [4.78, 5) is 36.7. The van der Waals surface area contributed by atoms with Crippen LogP contribution in [0.15, 0.2) is 59.3 Å². The van der Waals surface area contributed by atoms with Crippen LogP contribution in [0.3, 0.4) is 0 Å².